The predicted molar refractivity (Wildman–Crippen MR) is 47.8 cm³/mol. The van der Waals surface area contributed by atoms with Crippen molar-refractivity contribution in [3.05, 3.63) is 18.2 Å². The molecular weight excluding hydrogens is 156 g/mol. The summed E-state index contributed by atoms with van der Waals surface area (Å²) in [5.41, 5.74) is 6.44. The number of phenols is 1. The molecule has 0 aromatic heterocycles. The molecule has 1 aromatic carbocycles. The van der Waals surface area contributed by atoms with Gasteiger partial charge in [-0.25, -0.2) is 0 Å². The summed E-state index contributed by atoms with van der Waals surface area (Å²) >= 11 is 0. The van der Waals surface area contributed by atoms with E-state index < -0.39 is 6.23 Å². The van der Waals surface area contributed by atoms with E-state index in [4.69, 9.17) is 10.8 Å². The summed E-state index contributed by atoms with van der Waals surface area (Å²) in [7, 11) is 0. The Hall–Kier alpha value is -1.42. The zero-order chi connectivity index (χ0) is 9.14. The van der Waals surface area contributed by atoms with Crippen LogP contribution >= 0.6 is 0 Å². The molecule has 1 atom stereocenters. The van der Waals surface area contributed by atoms with Crippen molar-refractivity contribution < 1.29 is 10.2 Å². The second kappa shape index (κ2) is 3.32. The molecule has 0 amide bonds. The number of nitrogens with one attached hydrogen (secondary N) is 1. The van der Waals surface area contributed by atoms with Crippen LogP contribution in [0.2, 0.25) is 0 Å². The number of rotatable bonds is 2. The third-order valence-corrected chi connectivity index (χ3v) is 1.38. The highest BCUT2D eigenvalue weighted by Crippen LogP contribution is 2.25. The van der Waals surface area contributed by atoms with Crippen molar-refractivity contribution in [1.82, 2.24) is 0 Å². The van der Waals surface area contributed by atoms with Gasteiger partial charge in [0.15, 0.2) is 0 Å². The molecule has 0 spiro atoms. The van der Waals surface area contributed by atoms with Crippen LogP contribution in [0.4, 0.5) is 11.4 Å². The molecule has 1 rings (SSSR count). The van der Waals surface area contributed by atoms with E-state index in [-0.39, 0.29) is 5.75 Å². The second-order valence-corrected chi connectivity index (χ2v) is 2.60. The van der Waals surface area contributed by atoms with E-state index in [1.807, 2.05) is 0 Å². The molecular formula is C8H12N2O2. The number of aromatic hydroxyl groups is 1. The molecule has 0 radical (unpaired) electrons. The van der Waals surface area contributed by atoms with Gasteiger partial charge in [-0.3, -0.25) is 0 Å². The SMILES string of the molecule is CC(O)Nc1cc(N)ccc1O. The quantitative estimate of drug-likeness (QED) is 0.227. The predicted octanol–water partition coefficient (Wildman–Crippen LogP) is 0.725. The molecule has 0 saturated carbocycles. The van der Waals surface area contributed by atoms with E-state index in [2.05, 4.69) is 5.32 Å². The fourth-order valence-corrected chi connectivity index (χ4v) is 0.894. The van der Waals surface area contributed by atoms with Crippen molar-refractivity contribution >= 4 is 11.4 Å². The fourth-order valence-electron chi connectivity index (χ4n) is 0.894. The Morgan fingerprint density at radius 3 is 2.75 bits per heavy atom. The lowest BCUT2D eigenvalue weighted by molar-refractivity contribution is 0.224. The zero-order valence-electron chi connectivity index (χ0n) is 6.78. The molecule has 66 valence electrons. The number of hydrogen-bond donors (Lipinski definition) is 4. The molecule has 0 bridgehead atoms. The molecule has 4 heteroatoms. The Labute approximate surface area is 70.6 Å². The number of phenolic OH excluding ortho intramolecular Hbond substituents is 1. The summed E-state index contributed by atoms with van der Waals surface area (Å²) in [6.45, 7) is 1.56. The van der Waals surface area contributed by atoms with Crippen LogP contribution in [0.1, 0.15) is 6.92 Å². The topological polar surface area (TPSA) is 78.5 Å². The molecule has 4 nitrogen and oxygen atoms in total. The molecule has 0 fully saturated rings. The Morgan fingerprint density at radius 1 is 1.50 bits per heavy atom. The summed E-state index contributed by atoms with van der Waals surface area (Å²) in [5.74, 6) is 0.0742. The molecule has 0 aliphatic heterocycles. The minimum Gasteiger partial charge on any atom is -0.506 e. The molecule has 12 heavy (non-hydrogen) atoms. The van der Waals surface area contributed by atoms with Gasteiger partial charge in [-0.15, -0.1) is 0 Å². The first-order chi connectivity index (χ1) is 5.59. The van der Waals surface area contributed by atoms with Crippen LogP contribution in [0.3, 0.4) is 0 Å². The molecule has 1 aromatic rings. The molecule has 5 N–H and O–H groups in total. The van der Waals surface area contributed by atoms with Gasteiger partial charge in [0.2, 0.25) is 0 Å². The average molecular weight is 168 g/mol. The van der Waals surface area contributed by atoms with Crippen molar-refractivity contribution in [2.24, 2.45) is 0 Å². The normalized spacial score (nSPS) is 12.5. The highest BCUT2D eigenvalue weighted by molar-refractivity contribution is 5.62. The summed E-state index contributed by atoms with van der Waals surface area (Å²) in [4.78, 5) is 0. The lowest BCUT2D eigenvalue weighted by Crippen LogP contribution is -2.13. The maximum Gasteiger partial charge on any atom is 0.138 e. The second-order valence-electron chi connectivity index (χ2n) is 2.60. The van der Waals surface area contributed by atoms with Gasteiger partial charge in [-0.05, 0) is 25.1 Å². The third kappa shape index (κ3) is 2.03. The number of nitrogens with two attached hydrogens (primary N) is 1. The summed E-state index contributed by atoms with van der Waals surface area (Å²) in [6.07, 6.45) is -0.710. The Kier molecular flexibility index (Phi) is 2.40. The van der Waals surface area contributed by atoms with Crippen LogP contribution in [0.25, 0.3) is 0 Å². The summed E-state index contributed by atoms with van der Waals surface area (Å²) in [6, 6.07) is 4.62. The Bertz CT molecular complexity index is 274. The zero-order valence-corrected chi connectivity index (χ0v) is 6.78. The molecule has 0 heterocycles. The standard InChI is InChI=1S/C8H12N2O2/c1-5(11)10-7-4-6(9)2-3-8(7)12/h2-5,10-12H,9H2,1H3. The first-order valence-corrected chi connectivity index (χ1v) is 3.62. The van der Waals surface area contributed by atoms with E-state index in [1.54, 1.807) is 19.1 Å². The average Bonchev–Trinajstić information content (AvgIpc) is 1.96. The summed E-state index contributed by atoms with van der Waals surface area (Å²) in [5, 5.41) is 20.9. The van der Waals surface area contributed by atoms with Gasteiger partial charge in [-0.1, -0.05) is 0 Å². The first kappa shape index (κ1) is 8.67. The number of hydrogen-bond acceptors (Lipinski definition) is 4. The van der Waals surface area contributed by atoms with Gasteiger partial charge in [0, 0.05) is 5.69 Å². The van der Waals surface area contributed by atoms with Crippen LogP contribution in [0, 0.1) is 0 Å². The van der Waals surface area contributed by atoms with Gasteiger partial charge in [0.1, 0.15) is 12.0 Å². The fraction of sp³-hybridized carbons (Fsp3) is 0.250. The van der Waals surface area contributed by atoms with Crippen molar-refractivity contribution in [3.8, 4) is 5.75 Å². The van der Waals surface area contributed by atoms with Gasteiger partial charge in [0.25, 0.3) is 0 Å². The highest BCUT2D eigenvalue weighted by atomic mass is 16.3. The largest absolute Gasteiger partial charge is 0.506 e. The van der Waals surface area contributed by atoms with Crippen molar-refractivity contribution in [2.75, 3.05) is 11.1 Å². The maximum absolute atomic E-state index is 9.25. The van der Waals surface area contributed by atoms with Gasteiger partial charge in [0.05, 0.1) is 5.69 Å². The lowest BCUT2D eigenvalue weighted by atomic mass is 10.2. The van der Waals surface area contributed by atoms with E-state index in [1.165, 1.54) is 6.07 Å². The van der Waals surface area contributed by atoms with Gasteiger partial charge >= 0.3 is 0 Å². The van der Waals surface area contributed by atoms with Crippen LogP contribution in [0.15, 0.2) is 18.2 Å². The van der Waals surface area contributed by atoms with E-state index in [0.29, 0.717) is 11.4 Å². The van der Waals surface area contributed by atoms with E-state index >= 15 is 0 Å². The number of anilines is 2. The monoisotopic (exact) mass is 168 g/mol. The van der Waals surface area contributed by atoms with Crippen LogP contribution < -0.4 is 11.1 Å². The number of benzene rings is 1. The number of aliphatic hydroxyl groups is 1. The molecule has 1 unspecified atom stereocenters. The third-order valence-electron chi connectivity index (χ3n) is 1.38. The summed E-state index contributed by atoms with van der Waals surface area (Å²) < 4.78 is 0. The highest BCUT2D eigenvalue weighted by Gasteiger charge is 2.02. The van der Waals surface area contributed by atoms with Crippen LogP contribution in [0.5, 0.6) is 5.75 Å². The molecule has 0 aliphatic rings. The number of aliphatic hydroxyl groups excluding tert-OH is 1. The molecule has 0 saturated heterocycles. The van der Waals surface area contributed by atoms with Gasteiger partial charge in [-0.2, -0.15) is 0 Å². The molecule has 0 aliphatic carbocycles. The van der Waals surface area contributed by atoms with E-state index in [9.17, 15) is 5.11 Å². The maximum atomic E-state index is 9.25. The number of nitrogen functional groups attached to an aromatic ring is 1. The lowest BCUT2D eigenvalue weighted by Gasteiger charge is -2.10. The minimum atomic E-state index is -0.710. The van der Waals surface area contributed by atoms with Crippen LogP contribution in [-0.4, -0.2) is 16.4 Å². The van der Waals surface area contributed by atoms with Crippen LogP contribution in [-0.2, 0) is 0 Å². The van der Waals surface area contributed by atoms with Crippen molar-refractivity contribution in [1.29, 1.82) is 0 Å². The van der Waals surface area contributed by atoms with Gasteiger partial charge < -0.3 is 21.3 Å². The Morgan fingerprint density at radius 2 is 2.17 bits per heavy atom. The smallest absolute Gasteiger partial charge is 0.138 e. The Balaban J connectivity index is 2.90. The van der Waals surface area contributed by atoms with Crippen molar-refractivity contribution in [3.63, 3.8) is 0 Å². The van der Waals surface area contributed by atoms with E-state index in [0.717, 1.165) is 0 Å². The minimum absolute atomic E-state index is 0.0742. The first-order valence-electron chi connectivity index (χ1n) is 3.62. The van der Waals surface area contributed by atoms with Crippen molar-refractivity contribution in [2.45, 2.75) is 13.2 Å².